The molecule has 0 amide bonds. The van der Waals surface area contributed by atoms with Gasteiger partial charge < -0.3 is 5.32 Å². The predicted molar refractivity (Wildman–Crippen MR) is 116 cm³/mol. The zero-order valence-corrected chi connectivity index (χ0v) is 17.0. The second-order valence-electron chi connectivity index (χ2n) is 7.13. The van der Waals surface area contributed by atoms with E-state index in [0.29, 0.717) is 28.5 Å². The van der Waals surface area contributed by atoms with Crippen molar-refractivity contribution in [3.63, 3.8) is 0 Å². The molecule has 4 rings (SSSR count). The summed E-state index contributed by atoms with van der Waals surface area (Å²) in [5.74, 6) is 0.113. The first-order valence-corrected chi connectivity index (χ1v) is 9.62. The van der Waals surface area contributed by atoms with E-state index < -0.39 is 0 Å². The maximum absolute atomic E-state index is 13.4. The summed E-state index contributed by atoms with van der Waals surface area (Å²) in [6.07, 6.45) is 1.66. The first-order chi connectivity index (χ1) is 14.5. The summed E-state index contributed by atoms with van der Waals surface area (Å²) in [5, 5.41) is 3.31. The fraction of sp³-hybridized carbons (Fsp3) is 0.174. The molecule has 1 unspecified atom stereocenters. The van der Waals surface area contributed by atoms with E-state index in [0.717, 1.165) is 5.56 Å². The van der Waals surface area contributed by atoms with Crippen LogP contribution in [0.1, 0.15) is 18.5 Å². The molecule has 4 aromatic rings. The number of aromatic nitrogens is 4. The molecule has 2 aromatic carbocycles. The molecule has 152 valence electrons. The van der Waals surface area contributed by atoms with Gasteiger partial charge in [0, 0.05) is 20.3 Å². The molecule has 0 radical (unpaired) electrons. The molecule has 0 bridgehead atoms. The summed E-state index contributed by atoms with van der Waals surface area (Å²) in [7, 11) is 3.49. The summed E-state index contributed by atoms with van der Waals surface area (Å²) in [6.45, 7) is 2.04. The van der Waals surface area contributed by atoms with Crippen LogP contribution in [0.25, 0.3) is 22.5 Å². The third-order valence-corrected chi connectivity index (χ3v) is 5.19. The molecule has 0 saturated heterocycles. The monoisotopic (exact) mass is 403 g/mol. The summed E-state index contributed by atoms with van der Waals surface area (Å²) in [4.78, 5) is 21.9. The molecule has 2 aromatic heterocycles. The predicted octanol–water partition coefficient (Wildman–Crippen LogP) is 4.16. The van der Waals surface area contributed by atoms with Gasteiger partial charge in [-0.3, -0.25) is 14.2 Å². The van der Waals surface area contributed by atoms with Crippen molar-refractivity contribution in [1.82, 2.24) is 19.3 Å². The third-order valence-electron chi connectivity index (χ3n) is 5.19. The molecule has 1 atom stereocenters. The van der Waals surface area contributed by atoms with Crippen LogP contribution in [-0.2, 0) is 14.1 Å². The van der Waals surface area contributed by atoms with Crippen LogP contribution in [0.2, 0.25) is 0 Å². The molecule has 0 aliphatic heterocycles. The molecule has 1 N–H and O–H groups in total. The minimum absolute atomic E-state index is 0.0117. The average Bonchev–Trinajstić information content (AvgIpc) is 2.99. The van der Waals surface area contributed by atoms with E-state index in [1.807, 2.05) is 37.3 Å². The van der Waals surface area contributed by atoms with Crippen molar-refractivity contribution in [3.05, 3.63) is 88.6 Å². The molecule has 0 aliphatic rings. The highest BCUT2D eigenvalue weighted by atomic mass is 19.1. The van der Waals surface area contributed by atoms with Gasteiger partial charge in [-0.25, -0.2) is 14.4 Å². The number of nitrogens with zero attached hydrogens (tertiary/aromatic N) is 4. The second-order valence-corrected chi connectivity index (χ2v) is 7.13. The van der Waals surface area contributed by atoms with Crippen LogP contribution in [0.3, 0.4) is 0 Å². The fourth-order valence-corrected chi connectivity index (χ4v) is 3.46. The van der Waals surface area contributed by atoms with Gasteiger partial charge in [-0.1, -0.05) is 42.5 Å². The number of hydrogen-bond donors (Lipinski definition) is 1. The van der Waals surface area contributed by atoms with E-state index in [2.05, 4.69) is 15.3 Å². The van der Waals surface area contributed by atoms with Crippen LogP contribution in [0.5, 0.6) is 0 Å². The van der Waals surface area contributed by atoms with E-state index in [1.54, 1.807) is 43.2 Å². The zero-order chi connectivity index (χ0) is 21.3. The Morgan fingerprint density at radius 1 is 0.967 bits per heavy atom. The highest BCUT2D eigenvalue weighted by molar-refractivity contribution is 5.79. The lowest BCUT2D eigenvalue weighted by Crippen LogP contribution is -2.17. The molecule has 30 heavy (non-hydrogen) atoms. The number of nitrogens with one attached hydrogen (secondary N) is 1. The van der Waals surface area contributed by atoms with Crippen molar-refractivity contribution in [2.45, 2.75) is 13.0 Å². The van der Waals surface area contributed by atoms with Crippen molar-refractivity contribution >= 4 is 5.95 Å². The minimum atomic E-state index is -0.350. The van der Waals surface area contributed by atoms with E-state index in [9.17, 15) is 9.18 Å². The summed E-state index contributed by atoms with van der Waals surface area (Å²) >= 11 is 0. The van der Waals surface area contributed by atoms with E-state index in [1.165, 1.54) is 16.8 Å². The number of halogens is 1. The van der Waals surface area contributed by atoms with Gasteiger partial charge >= 0.3 is 0 Å². The SMILES string of the molecule is CC(Nc1nccc(-c2c(-c3ccc(F)cc3)c(=O)n(C)n2C)n1)c1ccccc1. The molecular weight excluding hydrogens is 381 g/mol. The van der Waals surface area contributed by atoms with Gasteiger partial charge in [0.05, 0.1) is 23.0 Å². The number of hydrogen-bond acceptors (Lipinski definition) is 4. The van der Waals surface area contributed by atoms with Gasteiger partial charge in [0.1, 0.15) is 5.82 Å². The maximum Gasteiger partial charge on any atom is 0.274 e. The number of rotatable bonds is 5. The molecular formula is C23H22FN5O. The Balaban J connectivity index is 1.76. The lowest BCUT2D eigenvalue weighted by atomic mass is 10.0. The standard InChI is InChI=1S/C23H22FN5O/c1-15(16-7-5-4-6-8-16)26-23-25-14-13-19(27-23)21-20(22(30)29(3)28(21)2)17-9-11-18(24)12-10-17/h4-15H,1-3H3,(H,25,26,27). The average molecular weight is 403 g/mol. The van der Waals surface area contributed by atoms with Crippen molar-refractivity contribution < 1.29 is 4.39 Å². The number of benzene rings is 2. The molecule has 0 spiro atoms. The van der Waals surface area contributed by atoms with Crippen LogP contribution in [0.15, 0.2) is 71.7 Å². The normalized spacial score (nSPS) is 12.0. The third kappa shape index (κ3) is 3.61. The summed E-state index contributed by atoms with van der Waals surface area (Å²) < 4.78 is 16.7. The van der Waals surface area contributed by atoms with Crippen LogP contribution < -0.4 is 10.9 Å². The Morgan fingerprint density at radius 2 is 1.67 bits per heavy atom. The van der Waals surface area contributed by atoms with Crippen molar-refractivity contribution in [1.29, 1.82) is 0 Å². The second kappa shape index (κ2) is 7.94. The molecule has 7 heteroatoms. The zero-order valence-electron chi connectivity index (χ0n) is 17.0. The molecule has 6 nitrogen and oxygen atoms in total. The van der Waals surface area contributed by atoms with Crippen molar-refractivity contribution in [2.24, 2.45) is 14.1 Å². The fourth-order valence-electron chi connectivity index (χ4n) is 3.46. The Hall–Kier alpha value is -3.74. The molecule has 0 saturated carbocycles. The van der Waals surface area contributed by atoms with Crippen LogP contribution >= 0.6 is 0 Å². The van der Waals surface area contributed by atoms with Gasteiger partial charge in [-0.05, 0) is 36.2 Å². The Kier molecular flexibility index (Phi) is 5.18. The molecule has 2 heterocycles. The molecule has 0 fully saturated rings. The first-order valence-electron chi connectivity index (χ1n) is 9.62. The Bertz CT molecular complexity index is 1230. The quantitative estimate of drug-likeness (QED) is 0.543. The largest absolute Gasteiger partial charge is 0.348 e. The van der Waals surface area contributed by atoms with E-state index in [4.69, 9.17) is 0 Å². The summed E-state index contributed by atoms with van der Waals surface area (Å²) in [5.41, 5.74) is 3.30. The van der Waals surface area contributed by atoms with Gasteiger partial charge in [-0.15, -0.1) is 0 Å². The van der Waals surface area contributed by atoms with Crippen LogP contribution in [0, 0.1) is 5.82 Å². The van der Waals surface area contributed by atoms with Gasteiger partial charge in [0.25, 0.3) is 5.56 Å². The highest BCUT2D eigenvalue weighted by Crippen LogP contribution is 2.29. The van der Waals surface area contributed by atoms with Crippen LogP contribution in [-0.4, -0.2) is 19.3 Å². The highest BCUT2D eigenvalue weighted by Gasteiger charge is 2.21. The smallest absolute Gasteiger partial charge is 0.274 e. The summed E-state index contributed by atoms with van der Waals surface area (Å²) in [6, 6.07) is 17.7. The first kappa shape index (κ1) is 19.6. The van der Waals surface area contributed by atoms with Gasteiger partial charge in [0.15, 0.2) is 0 Å². The van der Waals surface area contributed by atoms with Gasteiger partial charge in [-0.2, -0.15) is 0 Å². The van der Waals surface area contributed by atoms with E-state index >= 15 is 0 Å². The number of anilines is 1. The van der Waals surface area contributed by atoms with Crippen LogP contribution in [0.4, 0.5) is 10.3 Å². The topological polar surface area (TPSA) is 64.7 Å². The molecule has 0 aliphatic carbocycles. The lowest BCUT2D eigenvalue weighted by Gasteiger charge is -2.15. The maximum atomic E-state index is 13.4. The van der Waals surface area contributed by atoms with Crippen molar-refractivity contribution in [2.75, 3.05) is 5.32 Å². The van der Waals surface area contributed by atoms with Crippen molar-refractivity contribution in [3.8, 4) is 22.5 Å². The lowest BCUT2D eigenvalue weighted by molar-refractivity contribution is 0.583. The minimum Gasteiger partial charge on any atom is -0.348 e. The van der Waals surface area contributed by atoms with E-state index in [-0.39, 0.29) is 17.4 Å². The Morgan fingerprint density at radius 3 is 2.37 bits per heavy atom. The Labute approximate surface area is 173 Å². The van der Waals surface area contributed by atoms with Gasteiger partial charge in [0.2, 0.25) is 5.95 Å².